The first kappa shape index (κ1) is 16.5. The Morgan fingerprint density at radius 1 is 1.00 bits per heavy atom. The second kappa shape index (κ2) is 7.45. The monoisotopic (exact) mass is 311 g/mol. The highest BCUT2D eigenvalue weighted by Crippen LogP contribution is 2.17. The van der Waals surface area contributed by atoms with Gasteiger partial charge in [-0.25, -0.2) is 4.79 Å². The van der Waals surface area contributed by atoms with E-state index in [2.05, 4.69) is 10.6 Å². The molecular formula is C18H21N3O2. The molecule has 0 atom stereocenters. The maximum absolute atomic E-state index is 12.6. The lowest BCUT2D eigenvalue weighted by Crippen LogP contribution is -2.34. The summed E-state index contributed by atoms with van der Waals surface area (Å²) in [6.45, 7) is 3.77. The van der Waals surface area contributed by atoms with Gasteiger partial charge in [0, 0.05) is 30.0 Å². The van der Waals surface area contributed by atoms with E-state index in [0.29, 0.717) is 11.3 Å². The number of anilines is 2. The number of carbonyl (C=O) groups is 2. The molecule has 2 aromatic carbocycles. The van der Waals surface area contributed by atoms with Crippen molar-refractivity contribution in [3.05, 3.63) is 60.2 Å². The van der Waals surface area contributed by atoms with Gasteiger partial charge in [0.2, 0.25) is 0 Å². The molecule has 5 heteroatoms. The van der Waals surface area contributed by atoms with Crippen LogP contribution in [0.3, 0.4) is 0 Å². The van der Waals surface area contributed by atoms with Crippen LogP contribution < -0.4 is 15.5 Å². The maximum atomic E-state index is 12.6. The van der Waals surface area contributed by atoms with Crippen LogP contribution in [0.5, 0.6) is 0 Å². The van der Waals surface area contributed by atoms with Gasteiger partial charge < -0.3 is 15.5 Å². The summed E-state index contributed by atoms with van der Waals surface area (Å²) in [6.07, 6.45) is 0. The third-order valence-corrected chi connectivity index (χ3v) is 3.24. The Morgan fingerprint density at radius 3 is 2.35 bits per heavy atom. The number of rotatable bonds is 4. The molecule has 0 spiro atoms. The molecule has 0 heterocycles. The number of hydrogen-bond donors (Lipinski definition) is 2. The number of carbonyl (C=O) groups excluding carboxylic acids is 2. The Labute approximate surface area is 136 Å². The maximum Gasteiger partial charge on any atom is 0.319 e. The van der Waals surface area contributed by atoms with Crippen molar-refractivity contribution in [1.29, 1.82) is 0 Å². The molecule has 0 aliphatic carbocycles. The van der Waals surface area contributed by atoms with Crippen molar-refractivity contribution in [2.24, 2.45) is 0 Å². The summed E-state index contributed by atoms with van der Waals surface area (Å²) in [5.41, 5.74) is 1.91. The van der Waals surface area contributed by atoms with Gasteiger partial charge in [-0.3, -0.25) is 4.79 Å². The van der Waals surface area contributed by atoms with E-state index in [0.717, 1.165) is 5.69 Å². The second-order valence-corrected chi connectivity index (χ2v) is 5.53. The van der Waals surface area contributed by atoms with E-state index in [-0.39, 0.29) is 18.0 Å². The molecule has 0 saturated heterocycles. The Morgan fingerprint density at radius 2 is 1.70 bits per heavy atom. The highest BCUT2D eigenvalue weighted by atomic mass is 16.2. The summed E-state index contributed by atoms with van der Waals surface area (Å²) in [5.74, 6) is -0.135. The standard InChI is InChI=1S/C18H21N3O2/c1-13(2)19-18(23)20-15-9-7-8-14(12-15)17(22)21(3)16-10-5-4-6-11-16/h4-13H,1-3H3,(H2,19,20,23). The molecule has 0 radical (unpaired) electrons. The Hall–Kier alpha value is -2.82. The summed E-state index contributed by atoms with van der Waals surface area (Å²) in [6, 6.07) is 16.1. The fourth-order valence-corrected chi connectivity index (χ4v) is 2.12. The molecule has 0 fully saturated rings. The summed E-state index contributed by atoms with van der Waals surface area (Å²) in [5, 5.41) is 5.47. The van der Waals surface area contributed by atoms with Crippen molar-refractivity contribution in [2.45, 2.75) is 19.9 Å². The third kappa shape index (κ3) is 4.57. The molecule has 2 N–H and O–H groups in total. The van der Waals surface area contributed by atoms with Crippen LogP contribution in [0.4, 0.5) is 16.2 Å². The molecule has 0 aromatic heterocycles. The molecule has 2 aromatic rings. The number of nitrogens with one attached hydrogen (secondary N) is 2. The van der Waals surface area contributed by atoms with E-state index in [1.165, 1.54) is 0 Å². The predicted molar refractivity (Wildman–Crippen MR) is 92.9 cm³/mol. The number of urea groups is 1. The van der Waals surface area contributed by atoms with E-state index in [1.807, 2.05) is 44.2 Å². The Bertz CT molecular complexity index is 684. The van der Waals surface area contributed by atoms with Crippen LogP contribution in [-0.4, -0.2) is 25.0 Å². The minimum atomic E-state index is -0.291. The largest absolute Gasteiger partial charge is 0.336 e. The summed E-state index contributed by atoms with van der Waals surface area (Å²) < 4.78 is 0. The van der Waals surface area contributed by atoms with E-state index in [4.69, 9.17) is 0 Å². The van der Waals surface area contributed by atoms with Gasteiger partial charge in [0.25, 0.3) is 5.91 Å². The SMILES string of the molecule is CC(C)NC(=O)Nc1cccc(C(=O)N(C)c2ccccc2)c1. The van der Waals surface area contributed by atoms with Crippen LogP contribution in [0.1, 0.15) is 24.2 Å². The average Bonchev–Trinajstić information content (AvgIpc) is 2.53. The van der Waals surface area contributed by atoms with E-state index in [9.17, 15) is 9.59 Å². The van der Waals surface area contributed by atoms with Crippen molar-refractivity contribution in [3.8, 4) is 0 Å². The van der Waals surface area contributed by atoms with Gasteiger partial charge >= 0.3 is 6.03 Å². The highest BCUT2D eigenvalue weighted by molar-refractivity contribution is 6.06. The minimum Gasteiger partial charge on any atom is -0.336 e. The van der Waals surface area contributed by atoms with Gasteiger partial charge in [0.15, 0.2) is 0 Å². The lowest BCUT2D eigenvalue weighted by atomic mass is 10.1. The second-order valence-electron chi connectivity index (χ2n) is 5.53. The van der Waals surface area contributed by atoms with Crippen LogP contribution in [-0.2, 0) is 0 Å². The molecule has 5 nitrogen and oxygen atoms in total. The van der Waals surface area contributed by atoms with Gasteiger partial charge in [-0.05, 0) is 44.2 Å². The number of amides is 3. The zero-order valence-electron chi connectivity index (χ0n) is 13.5. The van der Waals surface area contributed by atoms with Gasteiger partial charge in [-0.15, -0.1) is 0 Å². The van der Waals surface area contributed by atoms with Gasteiger partial charge in [0.1, 0.15) is 0 Å². The van der Waals surface area contributed by atoms with Crippen molar-refractivity contribution < 1.29 is 9.59 Å². The molecule has 0 aliphatic rings. The fraction of sp³-hybridized carbons (Fsp3) is 0.222. The lowest BCUT2D eigenvalue weighted by molar-refractivity contribution is 0.0993. The molecule has 23 heavy (non-hydrogen) atoms. The van der Waals surface area contributed by atoms with Crippen LogP contribution >= 0.6 is 0 Å². The first-order chi connectivity index (χ1) is 11.0. The smallest absolute Gasteiger partial charge is 0.319 e. The van der Waals surface area contributed by atoms with E-state index in [1.54, 1.807) is 36.2 Å². The molecule has 0 aliphatic heterocycles. The van der Waals surface area contributed by atoms with Gasteiger partial charge in [-0.2, -0.15) is 0 Å². The fourth-order valence-electron chi connectivity index (χ4n) is 2.12. The average molecular weight is 311 g/mol. The van der Waals surface area contributed by atoms with Crippen LogP contribution in [0, 0.1) is 0 Å². The molecule has 0 saturated carbocycles. The zero-order valence-corrected chi connectivity index (χ0v) is 13.5. The van der Waals surface area contributed by atoms with E-state index < -0.39 is 0 Å². The minimum absolute atomic E-state index is 0.0454. The lowest BCUT2D eigenvalue weighted by Gasteiger charge is -2.18. The van der Waals surface area contributed by atoms with Gasteiger partial charge in [-0.1, -0.05) is 24.3 Å². The third-order valence-electron chi connectivity index (χ3n) is 3.24. The van der Waals surface area contributed by atoms with Crippen molar-refractivity contribution in [2.75, 3.05) is 17.3 Å². The number of benzene rings is 2. The molecule has 0 bridgehead atoms. The summed E-state index contributed by atoms with van der Waals surface area (Å²) >= 11 is 0. The number of hydrogen-bond acceptors (Lipinski definition) is 2. The number of para-hydroxylation sites is 1. The Balaban J connectivity index is 2.13. The highest BCUT2D eigenvalue weighted by Gasteiger charge is 2.14. The van der Waals surface area contributed by atoms with Crippen molar-refractivity contribution >= 4 is 23.3 Å². The summed E-state index contributed by atoms with van der Waals surface area (Å²) in [7, 11) is 1.73. The van der Waals surface area contributed by atoms with Crippen LogP contribution in [0.15, 0.2) is 54.6 Å². The topological polar surface area (TPSA) is 61.4 Å². The normalized spacial score (nSPS) is 10.3. The molecular weight excluding hydrogens is 290 g/mol. The zero-order chi connectivity index (χ0) is 16.8. The summed E-state index contributed by atoms with van der Waals surface area (Å²) in [4.78, 5) is 25.9. The van der Waals surface area contributed by atoms with Gasteiger partial charge in [0.05, 0.1) is 0 Å². The quantitative estimate of drug-likeness (QED) is 0.908. The molecule has 3 amide bonds. The first-order valence-electron chi connectivity index (χ1n) is 7.48. The van der Waals surface area contributed by atoms with E-state index >= 15 is 0 Å². The first-order valence-corrected chi connectivity index (χ1v) is 7.48. The predicted octanol–water partition coefficient (Wildman–Crippen LogP) is 3.49. The Kier molecular flexibility index (Phi) is 5.36. The van der Waals surface area contributed by atoms with Crippen molar-refractivity contribution in [3.63, 3.8) is 0 Å². The van der Waals surface area contributed by atoms with Crippen molar-refractivity contribution in [1.82, 2.24) is 5.32 Å². The van der Waals surface area contributed by atoms with Crippen LogP contribution in [0.25, 0.3) is 0 Å². The molecule has 120 valence electrons. The molecule has 2 rings (SSSR count). The van der Waals surface area contributed by atoms with Crippen LogP contribution in [0.2, 0.25) is 0 Å². The molecule has 0 unspecified atom stereocenters. The number of nitrogens with zero attached hydrogens (tertiary/aromatic N) is 1.